The molecule has 1 fully saturated rings. The average Bonchev–Trinajstić information content (AvgIpc) is 2.92. The summed E-state index contributed by atoms with van der Waals surface area (Å²) in [4.78, 5) is 11.5. The second-order valence-electron chi connectivity index (χ2n) is 5.65. The molecule has 0 bridgehead atoms. The van der Waals surface area contributed by atoms with Crippen LogP contribution in [0.15, 0.2) is 18.6 Å². The van der Waals surface area contributed by atoms with Crippen LogP contribution >= 0.6 is 30.3 Å². The molecule has 2 aromatic rings. The molecular weight excluding hydrogens is 397 g/mol. The minimum absolute atomic E-state index is 0.420. The van der Waals surface area contributed by atoms with Gasteiger partial charge in [0, 0.05) is 55.2 Å². The van der Waals surface area contributed by atoms with Gasteiger partial charge >= 0.3 is 0 Å². The normalized spacial score (nSPS) is 19.3. The molecule has 1 aliphatic heterocycles. The standard InChI is InChI=1S/C14H20IN5S/c1-10(2)20(11-4-3-6-16-8-11)14-12-5-7-19(21-15)13(12)17-9-18-14/h5,7,9-11,16H,3-4,6,8H2,1-2H3. The van der Waals surface area contributed by atoms with Gasteiger partial charge in [0.1, 0.15) is 12.1 Å². The van der Waals surface area contributed by atoms with Gasteiger partial charge < -0.3 is 10.2 Å². The molecule has 0 aromatic carbocycles. The molecule has 1 N–H and O–H groups in total. The number of hydrogen-bond acceptors (Lipinski definition) is 5. The first-order chi connectivity index (χ1) is 10.2. The maximum Gasteiger partial charge on any atom is 0.156 e. The van der Waals surface area contributed by atoms with Crippen LogP contribution in [-0.2, 0) is 0 Å². The van der Waals surface area contributed by atoms with Crippen LogP contribution in [0.5, 0.6) is 0 Å². The minimum atomic E-state index is 0.420. The molecule has 0 amide bonds. The van der Waals surface area contributed by atoms with E-state index < -0.39 is 0 Å². The molecule has 2 aromatic heterocycles. The molecule has 0 saturated carbocycles. The third-order valence-electron chi connectivity index (χ3n) is 3.97. The lowest BCUT2D eigenvalue weighted by atomic mass is 10.0. The van der Waals surface area contributed by atoms with Gasteiger partial charge in [0.2, 0.25) is 0 Å². The van der Waals surface area contributed by atoms with Crippen molar-refractivity contribution >= 4 is 47.2 Å². The largest absolute Gasteiger partial charge is 0.349 e. The highest BCUT2D eigenvalue weighted by Crippen LogP contribution is 2.31. The molecule has 1 atom stereocenters. The van der Waals surface area contributed by atoms with E-state index in [0.717, 1.165) is 29.9 Å². The highest BCUT2D eigenvalue weighted by molar-refractivity contribution is 14.2. The van der Waals surface area contributed by atoms with E-state index in [1.54, 1.807) is 15.4 Å². The summed E-state index contributed by atoms with van der Waals surface area (Å²) in [6.45, 7) is 6.65. The van der Waals surface area contributed by atoms with E-state index in [1.807, 2.05) is 0 Å². The van der Waals surface area contributed by atoms with Crippen molar-refractivity contribution in [3.05, 3.63) is 18.6 Å². The average molecular weight is 417 g/mol. The fourth-order valence-corrected chi connectivity index (χ4v) is 4.36. The fraction of sp³-hybridized carbons (Fsp3) is 0.571. The Kier molecular flexibility index (Phi) is 4.90. The zero-order valence-corrected chi connectivity index (χ0v) is 15.3. The van der Waals surface area contributed by atoms with E-state index in [2.05, 4.69) is 71.5 Å². The molecule has 21 heavy (non-hydrogen) atoms. The lowest BCUT2D eigenvalue weighted by Gasteiger charge is -2.38. The summed E-state index contributed by atoms with van der Waals surface area (Å²) in [5, 5.41) is 4.65. The van der Waals surface area contributed by atoms with Gasteiger partial charge in [-0.3, -0.25) is 3.97 Å². The Morgan fingerprint density at radius 1 is 1.48 bits per heavy atom. The maximum absolute atomic E-state index is 4.61. The number of halogens is 1. The molecule has 1 aliphatic rings. The van der Waals surface area contributed by atoms with Gasteiger partial charge in [-0.25, -0.2) is 9.97 Å². The number of anilines is 1. The topological polar surface area (TPSA) is 46.0 Å². The van der Waals surface area contributed by atoms with Crippen molar-refractivity contribution in [2.45, 2.75) is 38.8 Å². The number of rotatable bonds is 4. The van der Waals surface area contributed by atoms with Crippen LogP contribution in [0.4, 0.5) is 5.82 Å². The van der Waals surface area contributed by atoms with E-state index in [1.165, 1.54) is 12.8 Å². The summed E-state index contributed by atoms with van der Waals surface area (Å²) < 4.78 is 2.08. The molecule has 0 spiro atoms. The van der Waals surface area contributed by atoms with Crippen LogP contribution in [-0.4, -0.2) is 39.1 Å². The minimum Gasteiger partial charge on any atom is -0.349 e. The summed E-state index contributed by atoms with van der Waals surface area (Å²) in [5.74, 6) is 1.06. The predicted molar refractivity (Wildman–Crippen MR) is 98.0 cm³/mol. The quantitative estimate of drug-likeness (QED) is 0.775. The number of fused-ring (bicyclic) bond motifs is 1. The SMILES string of the molecule is CC(C)N(c1ncnc2c1ccn2SI)C1CCCNC1. The monoisotopic (exact) mass is 417 g/mol. The van der Waals surface area contributed by atoms with Crippen molar-refractivity contribution in [3.8, 4) is 0 Å². The van der Waals surface area contributed by atoms with Gasteiger partial charge in [-0.15, -0.1) is 0 Å². The molecule has 0 aliphatic carbocycles. The molecule has 1 unspecified atom stereocenters. The van der Waals surface area contributed by atoms with E-state index in [-0.39, 0.29) is 0 Å². The van der Waals surface area contributed by atoms with Crippen LogP contribution < -0.4 is 10.2 Å². The first-order valence-corrected chi connectivity index (χ1v) is 10.6. The first kappa shape index (κ1) is 15.4. The van der Waals surface area contributed by atoms with Crippen LogP contribution in [0.25, 0.3) is 11.0 Å². The van der Waals surface area contributed by atoms with Gasteiger partial charge in [-0.2, -0.15) is 0 Å². The van der Waals surface area contributed by atoms with E-state index in [0.29, 0.717) is 12.1 Å². The van der Waals surface area contributed by atoms with Crippen LogP contribution in [0.2, 0.25) is 0 Å². The smallest absolute Gasteiger partial charge is 0.156 e. The van der Waals surface area contributed by atoms with Crippen molar-refractivity contribution in [2.75, 3.05) is 18.0 Å². The second-order valence-corrected chi connectivity index (χ2v) is 7.36. The third kappa shape index (κ3) is 3.00. The highest BCUT2D eigenvalue weighted by atomic mass is 127. The Balaban J connectivity index is 2.04. The summed E-state index contributed by atoms with van der Waals surface area (Å²) in [7, 11) is 1.63. The Morgan fingerprint density at radius 3 is 3.00 bits per heavy atom. The molecule has 5 nitrogen and oxygen atoms in total. The van der Waals surface area contributed by atoms with Crippen molar-refractivity contribution in [3.63, 3.8) is 0 Å². The zero-order valence-electron chi connectivity index (χ0n) is 12.3. The molecule has 1 saturated heterocycles. The molecule has 0 radical (unpaired) electrons. The fourth-order valence-electron chi connectivity index (χ4n) is 3.09. The van der Waals surface area contributed by atoms with Crippen LogP contribution in [0.3, 0.4) is 0 Å². The van der Waals surface area contributed by atoms with E-state index >= 15 is 0 Å². The lowest BCUT2D eigenvalue weighted by molar-refractivity contribution is 0.413. The van der Waals surface area contributed by atoms with Crippen molar-refractivity contribution in [1.29, 1.82) is 0 Å². The molecule has 114 valence electrons. The van der Waals surface area contributed by atoms with Crippen molar-refractivity contribution in [2.24, 2.45) is 0 Å². The predicted octanol–water partition coefficient (Wildman–Crippen LogP) is 3.24. The number of nitrogens with zero attached hydrogens (tertiary/aromatic N) is 4. The van der Waals surface area contributed by atoms with Gasteiger partial charge in [-0.1, -0.05) is 0 Å². The van der Waals surface area contributed by atoms with Gasteiger partial charge in [-0.05, 0) is 39.3 Å². The summed E-state index contributed by atoms with van der Waals surface area (Å²) in [5.41, 5.74) is 0.994. The Labute approximate surface area is 141 Å². The van der Waals surface area contributed by atoms with Gasteiger partial charge in [0.15, 0.2) is 5.65 Å². The molecule has 7 heteroatoms. The third-order valence-corrected chi connectivity index (χ3v) is 5.68. The summed E-state index contributed by atoms with van der Waals surface area (Å²) in [6, 6.07) is 3.05. The van der Waals surface area contributed by atoms with Crippen molar-refractivity contribution < 1.29 is 0 Å². The second kappa shape index (κ2) is 6.70. The number of aromatic nitrogens is 3. The number of hydrogen-bond donors (Lipinski definition) is 1. The summed E-state index contributed by atoms with van der Waals surface area (Å²) in [6.07, 6.45) is 6.20. The molecular formula is C14H20IN5S. The zero-order chi connectivity index (χ0) is 14.8. The van der Waals surface area contributed by atoms with Gasteiger partial charge in [0.25, 0.3) is 0 Å². The Hall–Kier alpha value is -0.540. The molecule has 3 heterocycles. The highest BCUT2D eigenvalue weighted by Gasteiger charge is 2.26. The number of piperidine rings is 1. The Bertz CT molecular complexity index is 608. The van der Waals surface area contributed by atoms with Crippen molar-refractivity contribution in [1.82, 2.24) is 19.3 Å². The van der Waals surface area contributed by atoms with E-state index in [9.17, 15) is 0 Å². The summed E-state index contributed by atoms with van der Waals surface area (Å²) >= 11 is 2.28. The molecule has 3 rings (SSSR count). The van der Waals surface area contributed by atoms with Crippen LogP contribution in [0, 0.1) is 0 Å². The first-order valence-electron chi connectivity index (χ1n) is 7.32. The number of nitrogens with one attached hydrogen (secondary N) is 1. The Morgan fingerprint density at radius 2 is 2.33 bits per heavy atom. The lowest BCUT2D eigenvalue weighted by Crippen LogP contribution is -2.49. The van der Waals surface area contributed by atoms with E-state index in [4.69, 9.17) is 0 Å². The maximum atomic E-state index is 4.61. The van der Waals surface area contributed by atoms with Gasteiger partial charge in [0.05, 0.1) is 5.39 Å². The van der Waals surface area contributed by atoms with Crippen LogP contribution in [0.1, 0.15) is 26.7 Å².